The van der Waals surface area contributed by atoms with Crippen LogP contribution in [0.3, 0.4) is 0 Å². The third kappa shape index (κ3) is 3.86. The van der Waals surface area contributed by atoms with Crippen LogP contribution in [0.4, 0.5) is 0 Å². The Morgan fingerprint density at radius 3 is 2.75 bits per heavy atom. The van der Waals surface area contributed by atoms with Crippen molar-refractivity contribution >= 4 is 0 Å². The van der Waals surface area contributed by atoms with Gasteiger partial charge >= 0.3 is 0 Å². The molecule has 0 aliphatic heterocycles. The monoisotopic (exact) mass is 276 g/mol. The molecule has 2 aliphatic carbocycles. The Morgan fingerprint density at radius 2 is 2.10 bits per heavy atom. The Bertz CT molecular complexity index is 432. The number of rotatable bonds is 9. The van der Waals surface area contributed by atoms with Crippen LogP contribution in [0.5, 0.6) is 0 Å². The van der Waals surface area contributed by atoms with E-state index in [-0.39, 0.29) is 0 Å². The van der Waals surface area contributed by atoms with Crippen LogP contribution < -0.4 is 5.32 Å². The maximum atomic E-state index is 5.97. The van der Waals surface area contributed by atoms with Crippen LogP contribution in [0.15, 0.2) is 10.5 Å². The highest BCUT2D eigenvalue weighted by molar-refractivity contribution is 5.21. The Kier molecular flexibility index (Phi) is 4.47. The van der Waals surface area contributed by atoms with Crippen molar-refractivity contribution in [2.45, 2.75) is 77.5 Å². The lowest BCUT2D eigenvalue weighted by Crippen LogP contribution is -2.26. The predicted octanol–water partition coefficient (Wildman–Crippen LogP) is 3.60. The summed E-state index contributed by atoms with van der Waals surface area (Å²) in [6.07, 6.45) is 8.01. The van der Waals surface area contributed by atoms with Gasteiger partial charge < -0.3 is 9.73 Å². The molecule has 3 rings (SSSR count). The van der Waals surface area contributed by atoms with Gasteiger partial charge in [0, 0.05) is 24.2 Å². The van der Waals surface area contributed by atoms with E-state index >= 15 is 0 Å². The number of hydrogen-bond donors (Lipinski definition) is 1. The average molecular weight is 276 g/mol. The van der Waals surface area contributed by atoms with E-state index in [2.05, 4.69) is 30.1 Å². The summed E-state index contributed by atoms with van der Waals surface area (Å²) < 4.78 is 5.97. The minimum absolute atomic E-state index is 0.764. The fourth-order valence-corrected chi connectivity index (χ4v) is 2.77. The van der Waals surface area contributed by atoms with Crippen LogP contribution in [0, 0.1) is 6.92 Å². The summed E-state index contributed by atoms with van der Waals surface area (Å²) >= 11 is 0. The quantitative estimate of drug-likeness (QED) is 0.747. The molecule has 0 bridgehead atoms. The van der Waals surface area contributed by atoms with E-state index in [9.17, 15) is 0 Å². The summed E-state index contributed by atoms with van der Waals surface area (Å²) in [6.45, 7) is 7.55. The van der Waals surface area contributed by atoms with Gasteiger partial charge in [-0.15, -0.1) is 0 Å². The van der Waals surface area contributed by atoms with Crippen LogP contribution in [-0.2, 0) is 13.1 Å². The zero-order valence-electron chi connectivity index (χ0n) is 13.0. The summed E-state index contributed by atoms with van der Waals surface area (Å²) in [6, 6.07) is 3.85. The van der Waals surface area contributed by atoms with Crippen LogP contribution in [0.1, 0.15) is 62.5 Å². The average Bonchev–Trinajstić information content (AvgIpc) is 3.32. The van der Waals surface area contributed by atoms with Gasteiger partial charge in [0.2, 0.25) is 0 Å². The minimum Gasteiger partial charge on any atom is -0.465 e. The number of furan rings is 1. The molecule has 20 heavy (non-hydrogen) atoms. The molecule has 0 amide bonds. The van der Waals surface area contributed by atoms with Crippen LogP contribution in [0.2, 0.25) is 0 Å². The number of hydrogen-bond acceptors (Lipinski definition) is 3. The summed E-state index contributed by atoms with van der Waals surface area (Å²) in [5, 5.41) is 3.58. The smallest absolute Gasteiger partial charge is 0.118 e. The van der Waals surface area contributed by atoms with E-state index in [1.54, 1.807) is 0 Å². The number of unbranched alkanes of at least 4 members (excludes halogenated alkanes) is 1. The van der Waals surface area contributed by atoms with Gasteiger partial charge in [0.15, 0.2) is 0 Å². The zero-order chi connectivity index (χ0) is 13.9. The van der Waals surface area contributed by atoms with Gasteiger partial charge in [0.1, 0.15) is 11.5 Å². The van der Waals surface area contributed by atoms with E-state index in [1.165, 1.54) is 50.6 Å². The molecule has 2 aliphatic rings. The molecule has 2 fully saturated rings. The van der Waals surface area contributed by atoms with Crippen molar-refractivity contribution in [3.63, 3.8) is 0 Å². The topological polar surface area (TPSA) is 28.4 Å². The van der Waals surface area contributed by atoms with Crippen LogP contribution in [0.25, 0.3) is 0 Å². The molecule has 1 N–H and O–H groups in total. The van der Waals surface area contributed by atoms with Crippen molar-refractivity contribution in [3.05, 3.63) is 23.2 Å². The van der Waals surface area contributed by atoms with E-state index < -0.39 is 0 Å². The first kappa shape index (κ1) is 14.2. The summed E-state index contributed by atoms with van der Waals surface area (Å²) in [4.78, 5) is 2.61. The fourth-order valence-electron chi connectivity index (χ4n) is 2.77. The third-order valence-electron chi connectivity index (χ3n) is 4.45. The first-order valence-electron chi connectivity index (χ1n) is 8.32. The lowest BCUT2D eigenvalue weighted by Gasteiger charge is -2.20. The summed E-state index contributed by atoms with van der Waals surface area (Å²) in [5.41, 5.74) is 1.35. The molecule has 0 spiro atoms. The summed E-state index contributed by atoms with van der Waals surface area (Å²) in [7, 11) is 0. The molecule has 1 heterocycles. The van der Waals surface area contributed by atoms with Gasteiger partial charge in [-0.1, -0.05) is 13.3 Å². The predicted molar refractivity (Wildman–Crippen MR) is 81.6 cm³/mol. The van der Waals surface area contributed by atoms with Crippen molar-refractivity contribution in [1.82, 2.24) is 10.2 Å². The maximum absolute atomic E-state index is 5.97. The first-order valence-corrected chi connectivity index (χ1v) is 8.32. The van der Waals surface area contributed by atoms with E-state index in [0.29, 0.717) is 0 Å². The second kappa shape index (κ2) is 6.31. The standard InChI is InChI=1S/C17H28N2O/c1-3-4-9-19(16-7-8-16)12-17-10-14(13(2)20-17)11-18-15-5-6-15/h10,15-16,18H,3-9,11-12H2,1-2H3. The molecular weight excluding hydrogens is 248 g/mol. The van der Waals surface area contributed by atoms with Crippen LogP contribution in [-0.4, -0.2) is 23.5 Å². The Labute approximate surface area is 122 Å². The molecule has 112 valence electrons. The molecule has 1 aromatic rings. The highest BCUT2D eigenvalue weighted by atomic mass is 16.3. The zero-order valence-corrected chi connectivity index (χ0v) is 13.0. The minimum atomic E-state index is 0.764. The largest absolute Gasteiger partial charge is 0.465 e. The molecule has 3 nitrogen and oxygen atoms in total. The normalized spacial score (nSPS) is 18.9. The maximum Gasteiger partial charge on any atom is 0.118 e. The highest BCUT2D eigenvalue weighted by Gasteiger charge is 2.29. The first-order chi connectivity index (χ1) is 9.76. The van der Waals surface area contributed by atoms with Crippen molar-refractivity contribution in [3.8, 4) is 0 Å². The van der Waals surface area contributed by atoms with Gasteiger partial charge in [-0.25, -0.2) is 0 Å². The molecular formula is C17H28N2O. The molecule has 3 heteroatoms. The molecule has 0 atom stereocenters. The van der Waals surface area contributed by atoms with E-state index in [4.69, 9.17) is 4.42 Å². The fraction of sp³-hybridized carbons (Fsp3) is 0.765. The summed E-state index contributed by atoms with van der Waals surface area (Å²) in [5.74, 6) is 2.25. The van der Waals surface area contributed by atoms with Gasteiger partial charge in [-0.2, -0.15) is 0 Å². The Balaban J connectivity index is 1.55. The molecule has 2 saturated carbocycles. The number of nitrogens with zero attached hydrogens (tertiary/aromatic N) is 1. The van der Waals surface area contributed by atoms with Gasteiger partial charge in [0.25, 0.3) is 0 Å². The van der Waals surface area contributed by atoms with Crippen molar-refractivity contribution in [2.24, 2.45) is 0 Å². The second-order valence-corrected chi connectivity index (χ2v) is 6.50. The van der Waals surface area contributed by atoms with Crippen molar-refractivity contribution in [2.75, 3.05) is 6.54 Å². The Hall–Kier alpha value is -0.800. The lowest BCUT2D eigenvalue weighted by molar-refractivity contribution is 0.229. The van der Waals surface area contributed by atoms with Gasteiger partial charge in [-0.05, 0) is 51.6 Å². The highest BCUT2D eigenvalue weighted by Crippen LogP contribution is 2.29. The second-order valence-electron chi connectivity index (χ2n) is 6.50. The van der Waals surface area contributed by atoms with E-state index in [0.717, 1.165) is 36.7 Å². The Morgan fingerprint density at radius 1 is 1.30 bits per heavy atom. The van der Waals surface area contributed by atoms with Crippen molar-refractivity contribution in [1.29, 1.82) is 0 Å². The van der Waals surface area contributed by atoms with Crippen molar-refractivity contribution < 1.29 is 4.42 Å². The number of aryl methyl sites for hydroxylation is 1. The molecule has 0 saturated heterocycles. The van der Waals surface area contributed by atoms with Crippen LogP contribution >= 0.6 is 0 Å². The molecule has 0 aromatic carbocycles. The SMILES string of the molecule is CCCCN(Cc1cc(CNC2CC2)c(C)o1)C1CC1. The van der Waals surface area contributed by atoms with Gasteiger partial charge in [0.05, 0.1) is 6.54 Å². The molecule has 1 aromatic heterocycles. The molecule has 0 unspecified atom stereocenters. The van der Waals surface area contributed by atoms with Gasteiger partial charge in [-0.3, -0.25) is 4.90 Å². The third-order valence-corrected chi connectivity index (χ3v) is 4.45. The van der Waals surface area contributed by atoms with E-state index in [1.807, 2.05) is 0 Å². The lowest BCUT2D eigenvalue weighted by atomic mass is 10.2. The molecule has 0 radical (unpaired) electrons. The number of nitrogens with one attached hydrogen (secondary N) is 1.